The summed E-state index contributed by atoms with van der Waals surface area (Å²) in [5.41, 5.74) is 7.94. The fraction of sp³-hybridized carbons (Fsp3) is 0.417. The van der Waals surface area contributed by atoms with Gasteiger partial charge in [0.25, 0.3) is 0 Å². The Morgan fingerprint density at radius 3 is 2.56 bits per heavy atom. The lowest BCUT2D eigenvalue weighted by molar-refractivity contribution is -0.127. The number of anilines is 1. The third kappa shape index (κ3) is 7.17. The van der Waals surface area contributed by atoms with Crippen LogP contribution >= 0.6 is 0 Å². The summed E-state index contributed by atoms with van der Waals surface area (Å²) in [7, 11) is 1.48. The van der Waals surface area contributed by atoms with Crippen LogP contribution in [-0.4, -0.2) is 47.7 Å². The van der Waals surface area contributed by atoms with Crippen LogP contribution in [0.2, 0.25) is 0 Å². The van der Waals surface area contributed by atoms with Crippen LogP contribution < -0.4 is 5.32 Å². The summed E-state index contributed by atoms with van der Waals surface area (Å²) in [5, 5.41) is 19.6. The fourth-order valence-electron chi connectivity index (χ4n) is 2.83. The lowest BCUT2D eigenvalue weighted by Crippen LogP contribution is -2.38. The molecule has 0 bridgehead atoms. The Hall–Kier alpha value is -3.66. The minimum Gasteiger partial charge on any atom is -0.389 e. The van der Waals surface area contributed by atoms with E-state index in [1.165, 1.54) is 7.05 Å². The third-order valence-electron chi connectivity index (χ3n) is 5.55. The monoisotopic (exact) mass is 467 g/mol. The number of pyridine rings is 1. The summed E-state index contributed by atoms with van der Waals surface area (Å²) in [6.07, 6.45) is 0. The van der Waals surface area contributed by atoms with Gasteiger partial charge in [-0.05, 0) is 25.0 Å². The van der Waals surface area contributed by atoms with Gasteiger partial charge in [-0.2, -0.15) is 5.53 Å². The first kappa shape index (κ1) is 26.6. The lowest BCUT2D eigenvalue weighted by atomic mass is 9.79. The van der Waals surface area contributed by atoms with Gasteiger partial charge in [0.1, 0.15) is 5.82 Å². The van der Waals surface area contributed by atoms with Crippen molar-refractivity contribution in [1.29, 1.82) is 10.9 Å². The van der Waals surface area contributed by atoms with E-state index in [1.54, 1.807) is 30.3 Å². The molecule has 34 heavy (non-hydrogen) atoms. The SMILES string of the molecule is CCOCC(C)C(C)(C)C(=O)Nc1cccc(CO/N=C(\C(=N)N(C)N=N)c2ccccc2)n1. The van der Waals surface area contributed by atoms with Gasteiger partial charge in [0.15, 0.2) is 18.2 Å². The highest BCUT2D eigenvalue weighted by Crippen LogP contribution is 2.28. The van der Waals surface area contributed by atoms with Gasteiger partial charge >= 0.3 is 0 Å². The molecule has 0 saturated carbocycles. The van der Waals surface area contributed by atoms with Crippen molar-refractivity contribution in [2.75, 3.05) is 25.6 Å². The molecule has 182 valence electrons. The zero-order valence-electron chi connectivity index (χ0n) is 20.3. The fourth-order valence-corrected chi connectivity index (χ4v) is 2.83. The molecule has 1 aromatic heterocycles. The van der Waals surface area contributed by atoms with E-state index < -0.39 is 5.41 Å². The average molecular weight is 468 g/mol. The van der Waals surface area contributed by atoms with E-state index in [1.807, 2.05) is 45.9 Å². The molecule has 0 aliphatic heterocycles. The van der Waals surface area contributed by atoms with E-state index >= 15 is 0 Å². The molecule has 1 aromatic carbocycles. The first-order valence-corrected chi connectivity index (χ1v) is 11.0. The van der Waals surface area contributed by atoms with Crippen molar-refractivity contribution in [3.05, 3.63) is 59.8 Å². The van der Waals surface area contributed by atoms with Crippen molar-refractivity contribution in [1.82, 2.24) is 9.99 Å². The lowest BCUT2D eigenvalue weighted by Gasteiger charge is -2.30. The standard InChI is InChI=1S/C24H33N7O3/c1-6-33-15-17(2)24(3,4)23(32)28-20-14-10-13-19(27-20)16-34-29-21(22(25)31(5)30-26)18-11-8-7-9-12-18/h7-14,17,25-26H,6,15-16H2,1-5H3,(H,27,28,32)/b25-22?,29-21-,30-26?. The number of nitrogens with one attached hydrogen (secondary N) is 3. The molecule has 1 unspecified atom stereocenters. The second-order valence-electron chi connectivity index (χ2n) is 8.30. The van der Waals surface area contributed by atoms with E-state index in [2.05, 4.69) is 20.7 Å². The highest BCUT2D eigenvalue weighted by molar-refractivity contribution is 6.46. The number of nitrogens with zero attached hydrogens (tertiary/aromatic N) is 4. The minimum atomic E-state index is -0.645. The van der Waals surface area contributed by atoms with E-state index in [-0.39, 0.29) is 30.0 Å². The molecule has 10 nitrogen and oxygen atoms in total. The van der Waals surface area contributed by atoms with Gasteiger partial charge in [-0.3, -0.25) is 10.2 Å². The first-order chi connectivity index (χ1) is 16.2. The highest BCUT2D eigenvalue weighted by atomic mass is 16.6. The van der Waals surface area contributed by atoms with Crippen molar-refractivity contribution >= 4 is 23.3 Å². The number of amides is 1. The minimum absolute atomic E-state index is 0.0219. The predicted octanol–water partition coefficient (Wildman–Crippen LogP) is 4.49. The van der Waals surface area contributed by atoms with Gasteiger partial charge in [0.2, 0.25) is 5.91 Å². The number of ether oxygens (including phenoxy) is 1. The molecule has 0 saturated heterocycles. The number of oxime groups is 1. The van der Waals surface area contributed by atoms with Crippen LogP contribution in [0.3, 0.4) is 0 Å². The van der Waals surface area contributed by atoms with Crippen molar-refractivity contribution in [2.45, 2.75) is 34.3 Å². The number of carbonyl (C=O) groups is 1. The quantitative estimate of drug-likeness (QED) is 0.183. The summed E-state index contributed by atoms with van der Waals surface area (Å²) >= 11 is 0. The number of likely N-dealkylation sites (N-methyl/N-ethyl adjacent to an activating group) is 1. The first-order valence-electron chi connectivity index (χ1n) is 11.0. The van der Waals surface area contributed by atoms with Crippen LogP contribution in [0.4, 0.5) is 5.82 Å². The predicted molar refractivity (Wildman–Crippen MR) is 131 cm³/mol. The van der Waals surface area contributed by atoms with Crippen molar-refractivity contribution < 1.29 is 14.4 Å². The van der Waals surface area contributed by atoms with E-state index in [0.717, 1.165) is 5.01 Å². The number of carbonyl (C=O) groups excluding carboxylic acids is 1. The maximum Gasteiger partial charge on any atom is 0.231 e. The molecule has 0 radical (unpaired) electrons. The number of rotatable bonds is 12. The second kappa shape index (κ2) is 12.5. The maximum absolute atomic E-state index is 12.9. The molecule has 1 atom stereocenters. The van der Waals surface area contributed by atoms with Gasteiger partial charge in [-0.25, -0.2) is 9.99 Å². The molecule has 10 heteroatoms. The smallest absolute Gasteiger partial charge is 0.231 e. The molecule has 1 amide bonds. The Morgan fingerprint density at radius 2 is 1.91 bits per heavy atom. The summed E-state index contributed by atoms with van der Waals surface area (Å²) < 4.78 is 5.48. The number of hydrogen-bond donors (Lipinski definition) is 3. The summed E-state index contributed by atoms with van der Waals surface area (Å²) in [4.78, 5) is 22.8. The highest BCUT2D eigenvalue weighted by Gasteiger charge is 2.34. The van der Waals surface area contributed by atoms with Crippen molar-refractivity contribution in [2.24, 2.45) is 21.7 Å². The Labute approximate surface area is 200 Å². The number of hydrogen-bond acceptors (Lipinski definition) is 8. The zero-order chi connectivity index (χ0) is 25.1. The van der Waals surface area contributed by atoms with E-state index in [9.17, 15) is 4.79 Å². The normalized spacial score (nSPS) is 12.6. The molecule has 0 aliphatic rings. The molecular weight excluding hydrogens is 434 g/mol. The molecule has 3 N–H and O–H groups in total. The summed E-state index contributed by atoms with van der Waals surface area (Å²) in [5.74, 6) is 0.202. The second-order valence-corrected chi connectivity index (χ2v) is 8.30. The Morgan fingerprint density at radius 1 is 1.21 bits per heavy atom. The van der Waals surface area contributed by atoms with E-state index in [0.29, 0.717) is 30.3 Å². The molecule has 2 aromatic rings. The third-order valence-corrected chi connectivity index (χ3v) is 5.55. The van der Waals surface area contributed by atoms with Crippen LogP contribution in [0.25, 0.3) is 0 Å². The molecule has 1 heterocycles. The summed E-state index contributed by atoms with van der Waals surface area (Å²) in [6.45, 7) is 8.81. The van der Waals surface area contributed by atoms with Crippen molar-refractivity contribution in [3.8, 4) is 0 Å². The molecular formula is C24H33N7O3. The number of amidine groups is 1. The molecule has 2 rings (SSSR count). The van der Waals surface area contributed by atoms with Gasteiger partial charge < -0.3 is 14.9 Å². The molecule has 0 aliphatic carbocycles. The number of benzene rings is 1. The molecule has 0 spiro atoms. The Kier molecular flexibility index (Phi) is 9.81. The van der Waals surface area contributed by atoms with Crippen LogP contribution in [0.15, 0.2) is 58.9 Å². The van der Waals surface area contributed by atoms with Gasteiger partial charge in [-0.1, -0.05) is 67.5 Å². The zero-order valence-corrected chi connectivity index (χ0v) is 20.3. The van der Waals surface area contributed by atoms with Gasteiger partial charge in [0, 0.05) is 24.6 Å². The van der Waals surface area contributed by atoms with Gasteiger partial charge in [0.05, 0.1) is 12.3 Å². The largest absolute Gasteiger partial charge is 0.389 e. The topological polar surface area (TPSA) is 136 Å². The van der Waals surface area contributed by atoms with Crippen LogP contribution in [0, 0.1) is 22.3 Å². The average Bonchev–Trinajstić information content (AvgIpc) is 2.84. The van der Waals surface area contributed by atoms with Gasteiger partial charge in [-0.15, -0.1) is 0 Å². The van der Waals surface area contributed by atoms with Crippen LogP contribution in [0.5, 0.6) is 0 Å². The maximum atomic E-state index is 12.9. The van der Waals surface area contributed by atoms with Crippen LogP contribution in [-0.2, 0) is 21.0 Å². The van der Waals surface area contributed by atoms with Crippen molar-refractivity contribution in [3.63, 3.8) is 0 Å². The van der Waals surface area contributed by atoms with Crippen LogP contribution in [0.1, 0.15) is 39.0 Å². The molecule has 0 fully saturated rings. The Balaban J connectivity index is 2.11. The number of aromatic nitrogens is 1. The summed E-state index contributed by atoms with van der Waals surface area (Å²) in [6, 6.07) is 14.3. The van der Waals surface area contributed by atoms with E-state index in [4.69, 9.17) is 20.5 Å². The Bertz CT molecular complexity index is 1010.